The van der Waals surface area contributed by atoms with E-state index in [2.05, 4.69) is 5.32 Å². The van der Waals surface area contributed by atoms with Crippen LogP contribution in [0, 0.1) is 5.82 Å². The second-order valence-corrected chi connectivity index (χ2v) is 4.04. The highest BCUT2D eigenvalue weighted by Gasteiger charge is 2.19. The number of rotatable bonds is 7. The molecule has 0 aliphatic rings. The van der Waals surface area contributed by atoms with Crippen LogP contribution in [-0.2, 0) is 20.7 Å². The zero-order valence-electron chi connectivity index (χ0n) is 10.6. The van der Waals surface area contributed by atoms with Crippen molar-refractivity contribution in [2.75, 3.05) is 13.7 Å². The number of halogens is 1. The van der Waals surface area contributed by atoms with Crippen molar-refractivity contribution < 1.29 is 23.8 Å². The van der Waals surface area contributed by atoms with E-state index in [4.69, 9.17) is 9.84 Å². The summed E-state index contributed by atoms with van der Waals surface area (Å²) >= 11 is 0. The molecule has 0 heterocycles. The maximum atomic E-state index is 12.7. The first-order valence-electron chi connectivity index (χ1n) is 5.78. The third-order valence-electron chi connectivity index (χ3n) is 2.52. The summed E-state index contributed by atoms with van der Waals surface area (Å²) in [4.78, 5) is 22.4. The number of hydrogen-bond donors (Lipinski definition) is 2. The van der Waals surface area contributed by atoms with Crippen LogP contribution in [0.15, 0.2) is 24.3 Å². The molecule has 0 saturated heterocycles. The Bertz CT molecular complexity index is 433. The Hall–Kier alpha value is -1.95. The highest BCUT2D eigenvalue weighted by Crippen LogP contribution is 2.05. The summed E-state index contributed by atoms with van der Waals surface area (Å²) in [6.07, 6.45) is 0.560. The zero-order chi connectivity index (χ0) is 14.3. The predicted octanol–water partition coefficient (Wildman–Crippen LogP) is 0.974. The van der Waals surface area contributed by atoms with E-state index in [1.54, 1.807) is 12.1 Å². The van der Waals surface area contributed by atoms with Crippen molar-refractivity contribution in [1.82, 2.24) is 5.32 Å². The van der Waals surface area contributed by atoms with Crippen molar-refractivity contribution in [3.05, 3.63) is 35.6 Å². The van der Waals surface area contributed by atoms with Crippen LogP contribution in [0.5, 0.6) is 0 Å². The molecule has 104 valence electrons. The Morgan fingerprint density at radius 2 is 2.00 bits per heavy atom. The lowest BCUT2D eigenvalue weighted by Crippen LogP contribution is -2.43. The van der Waals surface area contributed by atoms with E-state index in [9.17, 15) is 14.0 Å². The molecule has 0 aliphatic heterocycles. The average molecular weight is 269 g/mol. The van der Waals surface area contributed by atoms with Crippen molar-refractivity contribution >= 4 is 11.9 Å². The highest BCUT2D eigenvalue weighted by atomic mass is 19.1. The minimum atomic E-state index is -1.14. The minimum Gasteiger partial charge on any atom is -0.480 e. The van der Waals surface area contributed by atoms with Gasteiger partial charge in [0, 0.05) is 13.5 Å². The molecule has 0 aliphatic carbocycles. The molecule has 5 nitrogen and oxygen atoms in total. The molecular formula is C13H16FNO4. The number of aryl methyl sites for hydroxylation is 1. The molecule has 1 rings (SSSR count). The van der Waals surface area contributed by atoms with E-state index in [-0.39, 0.29) is 24.8 Å². The molecule has 1 aromatic rings. The molecule has 2 N–H and O–H groups in total. The van der Waals surface area contributed by atoms with E-state index in [0.717, 1.165) is 5.56 Å². The van der Waals surface area contributed by atoms with E-state index in [1.807, 2.05) is 0 Å². The lowest BCUT2D eigenvalue weighted by molar-refractivity contribution is -0.143. The number of amides is 1. The van der Waals surface area contributed by atoms with Crippen molar-refractivity contribution in [2.24, 2.45) is 0 Å². The fraction of sp³-hybridized carbons (Fsp3) is 0.385. The van der Waals surface area contributed by atoms with Gasteiger partial charge in [-0.25, -0.2) is 9.18 Å². The molecule has 0 spiro atoms. The molecule has 0 radical (unpaired) electrons. The maximum absolute atomic E-state index is 12.7. The Morgan fingerprint density at radius 3 is 2.53 bits per heavy atom. The fourth-order valence-corrected chi connectivity index (χ4v) is 1.52. The number of carbonyl (C=O) groups excluding carboxylic acids is 1. The number of aliphatic carboxylic acids is 1. The van der Waals surface area contributed by atoms with E-state index in [1.165, 1.54) is 19.2 Å². The third-order valence-corrected chi connectivity index (χ3v) is 2.52. The Labute approximate surface area is 110 Å². The third kappa shape index (κ3) is 5.48. The first-order chi connectivity index (χ1) is 9.02. The van der Waals surface area contributed by atoms with Crippen LogP contribution in [0.2, 0.25) is 0 Å². The predicted molar refractivity (Wildman–Crippen MR) is 66.2 cm³/mol. The zero-order valence-corrected chi connectivity index (χ0v) is 10.6. The van der Waals surface area contributed by atoms with Gasteiger partial charge in [-0.1, -0.05) is 12.1 Å². The van der Waals surface area contributed by atoms with Crippen LogP contribution in [0.4, 0.5) is 4.39 Å². The van der Waals surface area contributed by atoms with Gasteiger partial charge in [-0.15, -0.1) is 0 Å². The molecule has 1 unspecified atom stereocenters. The van der Waals surface area contributed by atoms with E-state index >= 15 is 0 Å². The van der Waals surface area contributed by atoms with Crippen LogP contribution in [0.1, 0.15) is 12.0 Å². The van der Waals surface area contributed by atoms with Gasteiger partial charge in [-0.2, -0.15) is 0 Å². The summed E-state index contributed by atoms with van der Waals surface area (Å²) in [5.41, 5.74) is 0.815. The number of nitrogens with one attached hydrogen (secondary N) is 1. The van der Waals surface area contributed by atoms with E-state index in [0.29, 0.717) is 6.42 Å². The summed E-state index contributed by atoms with van der Waals surface area (Å²) in [6, 6.07) is 4.76. The largest absolute Gasteiger partial charge is 0.480 e. The summed E-state index contributed by atoms with van der Waals surface area (Å²) in [5.74, 6) is -1.86. The first-order valence-corrected chi connectivity index (χ1v) is 5.78. The lowest BCUT2D eigenvalue weighted by atomic mass is 10.1. The number of ether oxygens (including phenoxy) is 1. The lowest BCUT2D eigenvalue weighted by Gasteiger charge is -2.13. The Kier molecular flexibility index (Phi) is 5.95. The first kappa shape index (κ1) is 15.1. The van der Waals surface area contributed by atoms with Gasteiger partial charge in [0.2, 0.25) is 5.91 Å². The van der Waals surface area contributed by atoms with Crippen LogP contribution >= 0.6 is 0 Å². The van der Waals surface area contributed by atoms with Crippen LogP contribution in [0.3, 0.4) is 0 Å². The number of hydrogen-bond acceptors (Lipinski definition) is 3. The van der Waals surface area contributed by atoms with E-state index < -0.39 is 12.0 Å². The summed E-state index contributed by atoms with van der Waals surface area (Å²) in [7, 11) is 1.36. The minimum absolute atomic E-state index is 0.0857. The normalized spacial score (nSPS) is 11.9. The maximum Gasteiger partial charge on any atom is 0.328 e. The van der Waals surface area contributed by atoms with Gasteiger partial charge in [0.25, 0.3) is 0 Å². The van der Waals surface area contributed by atoms with Gasteiger partial charge in [-0.3, -0.25) is 4.79 Å². The number of carbonyl (C=O) groups is 2. The van der Waals surface area contributed by atoms with Gasteiger partial charge in [0.05, 0.1) is 6.61 Å². The fourth-order valence-electron chi connectivity index (χ4n) is 1.52. The molecule has 1 aromatic carbocycles. The van der Waals surface area contributed by atoms with Crippen molar-refractivity contribution in [1.29, 1.82) is 0 Å². The van der Waals surface area contributed by atoms with Gasteiger partial charge < -0.3 is 15.2 Å². The van der Waals surface area contributed by atoms with Gasteiger partial charge >= 0.3 is 5.97 Å². The summed E-state index contributed by atoms with van der Waals surface area (Å²) in [6.45, 7) is -0.0857. The van der Waals surface area contributed by atoms with Gasteiger partial charge in [0.1, 0.15) is 5.82 Å². The molecule has 0 fully saturated rings. The Balaban J connectivity index is 2.42. The van der Waals surface area contributed by atoms with Crippen molar-refractivity contribution in [2.45, 2.75) is 18.9 Å². The number of benzene rings is 1. The molecular weight excluding hydrogens is 253 g/mol. The second-order valence-electron chi connectivity index (χ2n) is 4.04. The van der Waals surface area contributed by atoms with Gasteiger partial charge in [0.15, 0.2) is 6.04 Å². The number of carboxylic acid groups (broad SMARTS) is 1. The van der Waals surface area contributed by atoms with Crippen LogP contribution < -0.4 is 5.32 Å². The molecule has 6 heteroatoms. The molecule has 0 aromatic heterocycles. The molecule has 19 heavy (non-hydrogen) atoms. The standard InChI is InChI=1S/C13H16FNO4/c1-19-8-11(13(17)18)15-12(16)7-4-9-2-5-10(14)6-3-9/h2-3,5-6,11H,4,7-8H2,1H3,(H,15,16)(H,17,18). The van der Waals surface area contributed by atoms with Crippen LogP contribution in [-0.4, -0.2) is 36.7 Å². The molecule has 1 amide bonds. The monoisotopic (exact) mass is 269 g/mol. The highest BCUT2D eigenvalue weighted by molar-refractivity contribution is 5.83. The summed E-state index contributed by atoms with van der Waals surface area (Å²) in [5, 5.41) is 11.2. The van der Waals surface area contributed by atoms with Crippen LogP contribution in [0.25, 0.3) is 0 Å². The number of methoxy groups -OCH3 is 1. The number of carboxylic acids is 1. The van der Waals surface area contributed by atoms with Gasteiger partial charge in [-0.05, 0) is 24.1 Å². The second kappa shape index (κ2) is 7.48. The van der Waals surface area contributed by atoms with Crippen molar-refractivity contribution in [3.8, 4) is 0 Å². The van der Waals surface area contributed by atoms with Crippen molar-refractivity contribution in [3.63, 3.8) is 0 Å². The quantitative estimate of drug-likeness (QED) is 0.773. The molecule has 0 bridgehead atoms. The smallest absolute Gasteiger partial charge is 0.328 e. The SMILES string of the molecule is COCC(NC(=O)CCc1ccc(F)cc1)C(=O)O. The average Bonchev–Trinajstić information content (AvgIpc) is 2.37. The molecule has 0 saturated carbocycles. The Morgan fingerprint density at radius 1 is 1.37 bits per heavy atom. The summed E-state index contributed by atoms with van der Waals surface area (Å²) < 4.78 is 17.4. The topological polar surface area (TPSA) is 75.6 Å². The molecule has 1 atom stereocenters.